The molecule has 0 saturated carbocycles. The minimum atomic E-state index is -0.189. The zero-order valence-corrected chi connectivity index (χ0v) is 9.79. The van der Waals surface area contributed by atoms with Crippen molar-refractivity contribution in [3.05, 3.63) is 0 Å². The Morgan fingerprint density at radius 3 is 2.87 bits per heavy atom. The summed E-state index contributed by atoms with van der Waals surface area (Å²) in [6.07, 6.45) is 1.83. The molecule has 0 aromatic carbocycles. The van der Waals surface area contributed by atoms with E-state index < -0.39 is 0 Å². The number of methoxy groups -OCH3 is 1. The smallest absolute Gasteiger partial charge is 0.322 e. The van der Waals surface area contributed by atoms with E-state index in [1.54, 1.807) is 0 Å². The lowest BCUT2D eigenvalue weighted by Crippen LogP contribution is -2.45. The summed E-state index contributed by atoms with van der Waals surface area (Å²) in [6, 6.07) is 0.113. The topological polar surface area (TPSA) is 47.6 Å². The van der Waals surface area contributed by atoms with Gasteiger partial charge in [-0.2, -0.15) is 0 Å². The average Bonchev–Trinajstić information content (AvgIpc) is 2.77. The first-order chi connectivity index (χ1) is 7.19. The van der Waals surface area contributed by atoms with Crippen LogP contribution in [0.2, 0.25) is 0 Å². The van der Waals surface area contributed by atoms with Crippen LogP contribution in [0.4, 0.5) is 0 Å². The van der Waals surface area contributed by atoms with Crippen LogP contribution in [0.15, 0.2) is 0 Å². The minimum Gasteiger partial charge on any atom is -0.468 e. The highest BCUT2D eigenvalue weighted by Gasteiger charge is 2.26. The van der Waals surface area contributed by atoms with E-state index in [9.17, 15) is 4.79 Å². The van der Waals surface area contributed by atoms with Crippen molar-refractivity contribution in [2.75, 3.05) is 20.3 Å². The zero-order chi connectivity index (χ0) is 11.3. The van der Waals surface area contributed by atoms with Crippen LogP contribution in [0.25, 0.3) is 0 Å². The SMILES string of the molecule is CCC(NC(C)C1CCOC1)C(=O)OC. The first-order valence-corrected chi connectivity index (χ1v) is 5.60. The van der Waals surface area contributed by atoms with Crippen LogP contribution in [-0.4, -0.2) is 38.4 Å². The molecule has 4 nitrogen and oxygen atoms in total. The van der Waals surface area contributed by atoms with E-state index in [1.165, 1.54) is 7.11 Å². The van der Waals surface area contributed by atoms with E-state index in [4.69, 9.17) is 9.47 Å². The fraction of sp³-hybridized carbons (Fsp3) is 0.909. The van der Waals surface area contributed by atoms with Crippen LogP contribution in [-0.2, 0) is 14.3 Å². The van der Waals surface area contributed by atoms with Gasteiger partial charge in [0.25, 0.3) is 0 Å². The van der Waals surface area contributed by atoms with E-state index in [2.05, 4.69) is 12.2 Å². The maximum atomic E-state index is 11.4. The van der Waals surface area contributed by atoms with Gasteiger partial charge in [-0.25, -0.2) is 0 Å². The molecule has 0 radical (unpaired) electrons. The van der Waals surface area contributed by atoms with Crippen molar-refractivity contribution in [3.8, 4) is 0 Å². The van der Waals surface area contributed by atoms with Gasteiger partial charge in [0.2, 0.25) is 0 Å². The van der Waals surface area contributed by atoms with Crippen LogP contribution in [0.5, 0.6) is 0 Å². The van der Waals surface area contributed by atoms with Crippen molar-refractivity contribution in [1.29, 1.82) is 0 Å². The van der Waals surface area contributed by atoms with E-state index in [1.807, 2.05) is 6.92 Å². The molecular formula is C11H21NO3. The monoisotopic (exact) mass is 215 g/mol. The second kappa shape index (κ2) is 6.08. The molecule has 0 spiro atoms. The molecular weight excluding hydrogens is 194 g/mol. The zero-order valence-electron chi connectivity index (χ0n) is 9.79. The molecule has 15 heavy (non-hydrogen) atoms. The van der Waals surface area contributed by atoms with Gasteiger partial charge in [-0.1, -0.05) is 6.92 Å². The number of hydrogen-bond donors (Lipinski definition) is 1. The van der Waals surface area contributed by atoms with Gasteiger partial charge >= 0.3 is 5.97 Å². The molecule has 1 rings (SSSR count). The van der Waals surface area contributed by atoms with E-state index >= 15 is 0 Å². The second-order valence-corrected chi connectivity index (χ2v) is 4.06. The Morgan fingerprint density at radius 1 is 1.67 bits per heavy atom. The third-order valence-electron chi connectivity index (χ3n) is 3.03. The molecule has 0 aromatic heterocycles. The van der Waals surface area contributed by atoms with Crippen molar-refractivity contribution in [1.82, 2.24) is 5.32 Å². The molecule has 1 aliphatic heterocycles. The molecule has 1 aliphatic rings. The first kappa shape index (κ1) is 12.5. The predicted octanol–water partition coefficient (Wildman–Crippen LogP) is 0.953. The molecule has 0 aliphatic carbocycles. The standard InChI is InChI=1S/C11H21NO3/c1-4-10(11(13)14-3)12-8(2)9-5-6-15-7-9/h8-10,12H,4-7H2,1-3H3. The molecule has 4 heteroatoms. The summed E-state index contributed by atoms with van der Waals surface area (Å²) in [6.45, 7) is 5.72. The highest BCUT2D eigenvalue weighted by atomic mass is 16.5. The molecule has 0 aromatic rings. The second-order valence-electron chi connectivity index (χ2n) is 4.06. The number of ether oxygens (including phenoxy) is 2. The molecule has 88 valence electrons. The Hall–Kier alpha value is -0.610. The molecule has 3 atom stereocenters. The van der Waals surface area contributed by atoms with Gasteiger partial charge in [0.05, 0.1) is 13.7 Å². The summed E-state index contributed by atoms with van der Waals surface area (Å²) in [5, 5.41) is 3.30. The fourth-order valence-corrected chi connectivity index (χ4v) is 1.90. The molecule has 1 N–H and O–H groups in total. The molecule has 1 heterocycles. The van der Waals surface area contributed by atoms with E-state index in [0.29, 0.717) is 12.0 Å². The summed E-state index contributed by atoms with van der Waals surface area (Å²) in [4.78, 5) is 11.4. The van der Waals surface area contributed by atoms with E-state index in [0.717, 1.165) is 26.1 Å². The molecule has 1 saturated heterocycles. The summed E-state index contributed by atoms with van der Waals surface area (Å²) in [5.41, 5.74) is 0. The predicted molar refractivity (Wildman–Crippen MR) is 57.6 cm³/mol. The largest absolute Gasteiger partial charge is 0.468 e. The Bertz CT molecular complexity index is 202. The lowest BCUT2D eigenvalue weighted by atomic mass is 9.99. The quantitative estimate of drug-likeness (QED) is 0.694. The van der Waals surface area contributed by atoms with Crippen molar-refractivity contribution < 1.29 is 14.3 Å². The van der Waals surface area contributed by atoms with Gasteiger partial charge in [0.1, 0.15) is 6.04 Å². The fourth-order valence-electron chi connectivity index (χ4n) is 1.90. The van der Waals surface area contributed by atoms with Gasteiger partial charge in [0.15, 0.2) is 0 Å². The normalized spacial score (nSPS) is 24.9. The lowest BCUT2D eigenvalue weighted by molar-refractivity contribution is -0.143. The van der Waals surface area contributed by atoms with Gasteiger partial charge in [-0.3, -0.25) is 4.79 Å². The summed E-state index contributed by atoms with van der Waals surface area (Å²) in [5.74, 6) is 0.340. The van der Waals surface area contributed by atoms with Crippen LogP contribution in [0.1, 0.15) is 26.7 Å². The maximum absolute atomic E-state index is 11.4. The molecule has 1 fully saturated rings. The summed E-state index contributed by atoms with van der Waals surface area (Å²) in [7, 11) is 1.43. The lowest BCUT2D eigenvalue weighted by Gasteiger charge is -2.24. The van der Waals surface area contributed by atoms with E-state index in [-0.39, 0.29) is 12.0 Å². The van der Waals surface area contributed by atoms with Crippen LogP contribution < -0.4 is 5.32 Å². The van der Waals surface area contributed by atoms with Crippen molar-refractivity contribution in [3.63, 3.8) is 0 Å². The highest BCUT2D eigenvalue weighted by Crippen LogP contribution is 2.17. The summed E-state index contributed by atoms with van der Waals surface area (Å²) < 4.78 is 10.1. The maximum Gasteiger partial charge on any atom is 0.322 e. The molecule has 0 bridgehead atoms. The van der Waals surface area contributed by atoms with Gasteiger partial charge < -0.3 is 14.8 Å². The number of nitrogens with one attached hydrogen (secondary N) is 1. The van der Waals surface area contributed by atoms with Crippen molar-refractivity contribution in [2.24, 2.45) is 5.92 Å². The van der Waals surface area contributed by atoms with Gasteiger partial charge in [-0.05, 0) is 25.7 Å². The molecule has 3 unspecified atom stereocenters. The van der Waals surface area contributed by atoms with Gasteiger partial charge in [-0.15, -0.1) is 0 Å². The Morgan fingerprint density at radius 2 is 2.40 bits per heavy atom. The van der Waals surface area contributed by atoms with Crippen LogP contribution >= 0.6 is 0 Å². The molecule has 0 amide bonds. The number of carbonyl (C=O) groups is 1. The van der Waals surface area contributed by atoms with Crippen LogP contribution in [0.3, 0.4) is 0 Å². The highest BCUT2D eigenvalue weighted by molar-refractivity contribution is 5.75. The van der Waals surface area contributed by atoms with Crippen molar-refractivity contribution >= 4 is 5.97 Å². The number of hydrogen-bond acceptors (Lipinski definition) is 4. The van der Waals surface area contributed by atoms with Crippen LogP contribution in [0, 0.1) is 5.92 Å². The Labute approximate surface area is 91.3 Å². The Kier molecular flexibility index (Phi) is 5.05. The third kappa shape index (κ3) is 3.47. The first-order valence-electron chi connectivity index (χ1n) is 5.60. The van der Waals surface area contributed by atoms with Crippen molar-refractivity contribution in [2.45, 2.75) is 38.8 Å². The Balaban J connectivity index is 2.39. The average molecular weight is 215 g/mol. The third-order valence-corrected chi connectivity index (χ3v) is 3.03. The summed E-state index contributed by atoms with van der Waals surface area (Å²) >= 11 is 0. The number of rotatable bonds is 5. The minimum absolute atomic E-state index is 0.178. The number of carbonyl (C=O) groups excluding carboxylic acids is 1. The number of esters is 1. The van der Waals surface area contributed by atoms with Gasteiger partial charge in [0, 0.05) is 12.6 Å².